The number of hydrogen-bond acceptors (Lipinski definition) is 2. The second-order valence-corrected chi connectivity index (χ2v) is 4.13. The van der Waals surface area contributed by atoms with Crippen molar-refractivity contribution in [3.8, 4) is 0 Å². The van der Waals surface area contributed by atoms with Crippen molar-refractivity contribution in [3.05, 3.63) is 17.0 Å². The molecule has 0 atom stereocenters. The molecule has 0 aliphatic heterocycles. The van der Waals surface area contributed by atoms with Crippen molar-refractivity contribution >= 4 is 5.97 Å². The van der Waals surface area contributed by atoms with Crippen LogP contribution in [0.25, 0.3) is 0 Å². The molecule has 0 amide bonds. The molecule has 1 N–H and O–H groups in total. The predicted molar refractivity (Wildman–Crippen MR) is 58.0 cm³/mol. The van der Waals surface area contributed by atoms with Gasteiger partial charge in [0.2, 0.25) is 0 Å². The molecular weight excluding hydrogens is 192 g/mol. The van der Waals surface area contributed by atoms with Crippen LogP contribution in [0.1, 0.15) is 43.1 Å². The number of rotatable bonds is 4. The Morgan fingerprint density at radius 2 is 2.13 bits per heavy atom. The van der Waals surface area contributed by atoms with E-state index in [2.05, 4.69) is 18.9 Å². The third-order valence-electron chi connectivity index (χ3n) is 2.59. The Morgan fingerprint density at radius 1 is 1.53 bits per heavy atom. The Balaban J connectivity index is 2.92. The van der Waals surface area contributed by atoms with E-state index in [1.807, 2.05) is 14.0 Å². The maximum Gasteiger partial charge on any atom is 0.303 e. The molecule has 1 aromatic heterocycles. The van der Waals surface area contributed by atoms with Crippen molar-refractivity contribution < 1.29 is 9.90 Å². The number of carboxylic acid groups (broad SMARTS) is 1. The minimum absolute atomic E-state index is 0.165. The predicted octanol–water partition coefficient (Wildman–Crippen LogP) is 1.87. The van der Waals surface area contributed by atoms with E-state index < -0.39 is 5.97 Å². The maximum absolute atomic E-state index is 10.5. The van der Waals surface area contributed by atoms with Gasteiger partial charge in [-0.05, 0) is 18.4 Å². The molecule has 0 saturated heterocycles. The standard InChI is InChI=1S/C11H18N2O2/c1-7(2)11-8(3)9(13(4)12-11)5-6-10(14)15/h7H,5-6H2,1-4H3,(H,14,15). The van der Waals surface area contributed by atoms with Crippen LogP contribution < -0.4 is 0 Å². The summed E-state index contributed by atoms with van der Waals surface area (Å²) in [4.78, 5) is 10.5. The molecule has 4 heteroatoms. The molecule has 1 aromatic rings. The van der Waals surface area contributed by atoms with Gasteiger partial charge in [-0.1, -0.05) is 13.8 Å². The molecule has 0 saturated carbocycles. The molecule has 15 heavy (non-hydrogen) atoms. The summed E-state index contributed by atoms with van der Waals surface area (Å²) in [6.07, 6.45) is 0.718. The molecule has 0 unspecified atom stereocenters. The van der Waals surface area contributed by atoms with Gasteiger partial charge in [-0.2, -0.15) is 5.10 Å². The Labute approximate surface area is 89.9 Å². The molecule has 4 nitrogen and oxygen atoms in total. The lowest BCUT2D eigenvalue weighted by molar-refractivity contribution is -0.136. The van der Waals surface area contributed by atoms with Gasteiger partial charge in [-0.25, -0.2) is 0 Å². The molecule has 0 aliphatic rings. The average Bonchev–Trinajstić information content (AvgIpc) is 2.39. The first-order chi connectivity index (χ1) is 6.93. The summed E-state index contributed by atoms with van der Waals surface area (Å²) in [6, 6.07) is 0. The Hall–Kier alpha value is -1.32. The zero-order chi connectivity index (χ0) is 11.6. The van der Waals surface area contributed by atoms with Crippen LogP contribution in [0.2, 0.25) is 0 Å². The van der Waals surface area contributed by atoms with Gasteiger partial charge < -0.3 is 5.11 Å². The SMILES string of the molecule is Cc1c(C(C)C)nn(C)c1CCC(=O)O. The highest BCUT2D eigenvalue weighted by Gasteiger charge is 2.15. The summed E-state index contributed by atoms with van der Waals surface area (Å²) in [5, 5.41) is 13.1. The van der Waals surface area contributed by atoms with Crippen LogP contribution in [0.4, 0.5) is 0 Å². The summed E-state index contributed by atoms with van der Waals surface area (Å²) >= 11 is 0. The normalized spacial score (nSPS) is 11.0. The summed E-state index contributed by atoms with van der Waals surface area (Å²) < 4.78 is 1.80. The van der Waals surface area contributed by atoms with E-state index in [-0.39, 0.29) is 6.42 Å². The van der Waals surface area contributed by atoms with Crippen LogP contribution in [0, 0.1) is 6.92 Å². The fraction of sp³-hybridized carbons (Fsp3) is 0.636. The molecule has 0 aromatic carbocycles. The van der Waals surface area contributed by atoms with E-state index >= 15 is 0 Å². The molecule has 1 heterocycles. The van der Waals surface area contributed by atoms with Gasteiger partial charge >= 0.3 is 5.97 Å². The van der Waals surface area contributed by atoms with Crippen molar-refractivity contribution in [3.63, 3.8) is 0 Å². The smallest absolute Gasteiger partial charge is 0.303 e. The number of hydrogen-bond donors (Lipinski definition) is 1. The minimum atomic E-state index is -0.762. The Morgan fingerprint density at radius 3 is 2.53 bits per heavy atom. The first-order valence-electron chi connectivity index (χ1n) is 5.17. The fourth-order valence-electron chi connectivity index (χ4n) is 1.81. The van der Waals surface area contributed by atoms with Crippen molar-refractivity contribution in [1.29, 1.82) is 0 Å². The van der Waals surface area contributed by atoms with Crippen LogP contribution in [-0.2, 0) is 18.3 Å². The highest BCUT2D eigenvalue weighted by atomic mass is 16.4. The Bertz CT molecular complexity index is 367. The Kier molecular flexibility index (Phi) is 3.50. The van der Waals surface area contributed by atoms with E-state index in [4.69, 9.17) is 5.11 Å². The van der Waals surface area contributed by atoms with Crippen LogP contribution in [0.15, 0.2) is 0 Å². The fourth-order valence-corrected chi connectivity index (χ4v) is 1.81. The molecule has 0 radical (unpaired) electrons. The summed E-state index contributed by atoms with van der Waals surface area (Å²) in [5.41, 5.74) is 3.23. The number of aromatic nitrogens is 2. The lowest BCUT2D eigenvalue weighted by Gasteiger charge is -2.02. The first-order valence-corrected chi connectivity index (χ1v) is 5.17. The van der Waals surface area contributed by atoms with Gasteiger partial charge in [0.15, 0.2) is 0 Å². The summed E-state index contributed by atoms with van der Waals surface area (Å²) in [5.74, 6) is -0.378. The quantitative estimate of drug-likeness (QED) is 0.825. The summed E-state index contributed by atoms with van der Waals surface area (Å²) in [7, 11) is 1.87. The van der Waals surface area contributed by atoms with E-state index in [1.54, 1.807) is 4.68 Å². The van der Waals surface area contributed by atoms with E-state index in [1.165, 1.54) is 0 Å². The number of nitrogens with zero attached hydrogens (tertiary/aromatic N) is 2. The summed E-state index contributed by atoms with van der Waals surface area (Å²) in [6.45, 7) is 6.20. The maximum atomic E-state index is 10.5. The average molecular weight is 210 g/mol. The van der Waals surface area contributed by atoms with Gasteiger partial charge in [0.05, 0.1) is 12.1 Å². The van der Waals surface area contributed by atoms with E-state index in [0.29, 0.717) is 12.3 Å². The lowest BCUT2D eigenvalue weighted by Crippen LogP contribution is -2.03. The van der Waals surface area contributed by atoms with Crippen LogP contribution in [0.3, 0.4) is 0 Å². The molecule has 1 rings (SSSR count). The van der Waals surface area contributed by atoms with Crippen molar-refractivity contribution in [2.24, 2.45) is 7.05 Å². The highest BCUT2D eigenvalue weighted by molar-refractivity contribution is 5.67. The largest absolute Gasteiger partial charge is 0.481 e. The zero-order valence-electron chi connectivity index (χ0n) is 9.74. The van der Waals surface area contributed by atoms with E-state index in [0.717, 1.165) is 17.0 Å². The molecule has 0 spiro atoms. The number of aryl methyl sites for hydroxylation is 1. The first kappa shape index (κ1) is 11.8. The van der Waals surface area contributed by atoms with Crippen LogP contribution in [0.5, 0.6) is 0 Å². The lowest BCUT2D eigenvalue weighted by atomic mass is 10.0. The molecule has 0 bridgehead atoms. The number of aliphatic carboxylic acids is 1. The van der Waals surface area contributed by atoms with Gasteiger partial charge in [0.25, 0.3) is 0 Å². The van der Waals surface area contributed by atoms with E-state index in [9.17, 15) is 4.79 Å². The third-order valence-corrected chi connectivity index (χ3v) is 2.59. The molecular formula is C11H18N2O2. The highest BCUT2D eigenvalue weighted by Crippen LogP contribution is 2.21. The topological polar surface area (TPSA) is 55.1 Å². The number of carboxylic acids is 1. The third kappa shape index (κ3) is 2.58. The van der Waals surface area contributed by atoms with Crippen molar-refractivity contribution in [2.75, 3.05) is 0 Å². The molecule has 84 valence electrons. The number of carbonyl (C=O) groups is 1. The zero-order valence-corrected chi connectivity index (χ0v) is 9.74. The van der Waals surface area contributed by atoms with Crippen molar-refractivity contribution in [2.45, 2.75) is 39.5 Å². The van der Waals surface area contributed by atoms with Gasteiger partial charge in [0.1, 0.15) is 0 Å². The second kappa shape index (κ2) is 4.47. The van der Waals surface area contributed by atoms with Gasteiger partial charge in [-0.15, -0.1) is 0 Å². The minimum Gasteiger partial charge on any atom is -0.481 e. The van der Waals surface area contributed by atoms with Gasteiger partial charge in [0, 0.05) is 19.2 Å². The van der Waals surface area contributed by atoms with Crippen molar-refractivity contribution in [1.82, 2.24) is 9.78 Å². The second-order valence-electron chi connectivity index (χ2n) is 4.13. The van der Waals surface area contributed by atoms with Crippen LogP contribution in [-0.4, -0.2) is 20.9 Å². The molecule has 0 fully saturated rings. The monoisotopic (exact) mass is 210 g/mol. The van der Waals surface area contributed by atoms with Crippen LogP contribution >= 0.6 is 0 Å². The molecule has 0 aliphatic carbocycles. The van der Waals surface area contributed by atoms with Gasteiger partial charge in [-0.3, -0.25) is 9.48 Å².